The highest BCUT2D eigenvalue weighted by molar-refractivity contribution is 6.00. The molecule has 0 saturated carbocycles. The summed E-state index contributed by atoms with van der Waals surface area (Å²) in [6, 6.07) is 5.10. The molecule has 2 rings (SSSR count). The van der Waals surface area contributed by atoms with E-state index in [1.807, 2.05) is 6.92 Å². The number of esters is 1. The highest BCUT2D eigenvalue weighted by Gasteiger charge is 2.37. The van der Waals surface area contributed by atoms with Crippen molar-refractivity contribution in [1.82, 2.24) is 5.32 Å². The van der Waals surface area contributed by atoms with Crippen LogP contribution in [0.15, 0.2) is 18.2 Å². The minimum absolute atomic E-state index is 0.0323. The molecule has 8 heteroatoms. The van der Waals surface area contributed by atoms with Crippen LogP contribution in [0.4, 0.5) is 5.69 Å². The molecule has 8 nitrogen and oxygen atoms in total. The van der Waals surface area contributed by atoms with Gasteiger partial charge in [-0.25, -0.2) is 0 Å². The Bertz CT molecular complexity index is 676. The normalized spacial score (nSPS) is 16.3. The van der Waals surface area contributed by atoms with Gasteiger partial charge in [-0.05, 0) is 18.6 Å². The van der Waals surface area contributed by atoms with E-state index in [0.717, 1.165) is 6.42 Å². The van der Waals surface area contributed by atoms with Crippen molar-refractivity contribution in [2.24, 2.45) is 5.92 Å². The predicted molar refractivity (Wildman–Crippen MR) is 94.3 cm³/mol. The number of ether oxygens (including phenoxy) is 3. The van der Waals surface area contributed by atoms with Gasteiger partial charge in [-0.2, -0.15) is 0 Å². The van der Waals surface area contributed by atoms with Gasteiger partial charge in [0.05, 0.1) is 25.8 Å². The van der Waals surface area contributed by atoms with Gasteiger partial charge in [-0.3, -0.25) is 14.4 Å². The second-order valence-corrected chi connectivity index (χ2v) is 5.90. The van der Waals surface area contributed by atoms with Crippen LogP contribution in [-0.2, 0) is 19.1 Å². The molecule has 0 aromatic heterocycles. The first-order valence-corrected chi connectivity index (χ1v) is 8.45. The Morgan fingerprint density at radius 3 is 2.69 bits per heavy atom. The topological polar surface area (TPSA) is 94.2 Å². The average Bonchev–Trinajstić information content (AvgIpc) is 3.05. The van der Waals surface area contributed by atoms with E-state index in [2.05, 4.69) is 5.32 Å². The lowest BCUT2D eigenvalue weighted by molar-refractivity contribution is -0.152. The molecular weight excluding hydrogens is 340 g/mol. The summed E-state index contributed by atoms with van der Waals surface area (Å²) in [6.45, 7) is 2.30. The zero-order valence-electron chi connectivity index (χ0n) is 15.2. The summed E-state index contributed by atoms with van der Waals surface area (Å²) in [5, 5.41) is 2.63. The van der Waals surface area contributed by atoms with Crippen LogP contribution in [0.1, 0.15) is 19.8 Å². The maximum absolute atomic E-state index is 12.3. The molecule has 1 heterocycles. The molecule has 0 bridgehead atoms. The number of methoxy groups -OCH3 is 2. The molecule has 1 aromatic carbocycles. The molecule has 1 aliphatic rings. The van der Waals surface area contributed by atoms with Crippen molar-refractivity contribution in [3.05, 3.63) is 18.2 Å². The van der Waals surface area contributed by atoms with Crippen LogP contribution >= 0.6 is 0 Å². The monoisotopic (exact) mass is 364 g/mol. The number of hydrogen-bond acceptors (Lipinski definition) is 6. The Hall–Kier alpha value is -2.77. The number of carbonyl (C=O) groups is 3. The number of rotatable bonds is 8. The van der Waals surface area contributed by atoms with Crippen LogP contribution < -0.4 is 19.7 Å². The molecule has 1 N–H and O–H groups in total. The van der Waals surface area contributed by atoms with Gasteiger partial charge in [0.15, 0.2) is 6.61 Å². The largest absolute Gasteiger partial charge is 0.497 e. The van der Waals surface area contributed by atoms with Crippen molar-refractivity contribution >= 4 is 23.5 Å². The van der Waals surface area contributed by atoms with E-state index in [1.54, 1.807) is 18.2 Å². The summed E-state index contributed by atoms with van der Waals surface area (Å²) < 4.78 is 15.5. The molecule has 1 atom stereocenters. The standard InChI is InChI=1S/C18H24N2O6/c1-4-7-19-16(21)11-26-18(23)12-8-17(22)20(10-12)14-6-5-13(24-2)9-15(14)25-3/h5-6,9,12H,4,7-8,10-11H2,1-3H3,(H,19,21)/t12-/m1/s1. The average molecular weight is 364 g/mol. The minimum atomic E-state index is -0.617. The van der Waals surface area contributed by atoms with E-state index in [9.17, 15) is 14.4 Å². The van der Waals surface area contributed by atoms with Crippen LogP contribution in [-0.4, -0.2) is 51.7 Å². The van der Waals surface area contributed by atoms with Crippen molar-refractivity contribution in [2.75, 3.05) is 38.8 Å². The number of benzene rings is 1. The van der Waals surface area contributed by atoms with Gasteiger partial charge in [0, 0.05) is 25.6 Å². The zero-order valence-corrected chi connectivity index (χ0v) is 15.2. The second kappa shape index (κ2) is 9.07. The van der Waals surface area contributed by atoms with Crippen LogP contribution in [0.2, 0.25) is 0 Å². The Labute approximate surface area is 152 Å². The van der Waals surface area contributed by atoms with Crippen molar-refractivity contribution in [2.45, 2.75) is 19.8 Å². The summed E-state index contributed by atoms with van der Waals surface area (Å²) in [6.07, 6.45) is 0.833. The molecule has 1 aliphatic heterocycles. The summed E-state index contributed by atoms with van der Waals surface area (Å²) in [7, 11) is 3.04. The number of nitrogens with one attached hydrogen (secondary N) is 1. The first-order chi connectivity index (χ1) is 12.5. The highest BCUT2D eigenvalue weighted by Crippen LogP contribution is 2.35. The number of carbonyl (C=O) groups excluding carboxylic acids is 3. The van der Waals surface area contributed by atoms with E-state index < -0.39 is 11.9 Å². The maximum atomic E-state index is 12.3. The van der Waals surface area contributed by atoms with Crippen LogP contribution in [0, 0.1) is 5.92 Å². The van der Waals surface area contributed by atoms with Crippen LogP contribution in [0.5, 0.6) is 11.5 Å². The van der Waals surface area contributed by atoms with Crippen LogP contribution in [0.3, 0.4) is 0 Å². The molecule has 0 spiro atoms. The van der Waals surface area contributed by atoms with Crippen molar-refractivity contribution < 1.29 is 28.6 Å². The van der Waals surface area contributed by atoms with Gasteiger partial charge in [0.1, 0.15) is 11.5 Å². The quantitative estimate of drug-likeness (QED) is 0.695. The van der Waals surface area contributed by atoms with Gasteiger partial charge in [0.2, 0.25) is 5.91 Å². The number of anilines is 1. The van der Waals surface area contributed by atoms with E-state index >= 15 is 0 Å². The zero-order chi connectivity index (χ0) is 19.1. The molecule has 0 aliphatic carbocycles. The Balaban J connectivity index is 2.00. The number of nitrogens with zero attached hydrogens (tertiary/aromatic N) is 1. The summed E-state index contributed by atoms with van der Waals surface area (Å²) in [5.74, 6) is -0.644. The van der Waals surface area contributed by atoms with Gasteiger partial charge in [-0.15, -0.1) is 0 Å². The molecule has 1 saturated heterocycles. The van der Waals surface area contributed by atoms with E-state index in [-0.39, 0.29) is 31.4 Å². The molecule has 26 heavy (non-hydrogen) atoms. The summed E-state index contributed by atoms with van der Waals surface area (Å²) >= 11 is 0. The first kappa shape index (κ1) is 19.6. The third kappa shape index (κ3) is 4.65. The maximum Gasteiger partial charge on any atom is 0.311 e. The number of hydrogen-bond donors (Lipinski definition) is 1. The Morgan fingerprint density at radius 2 is 2.04 bits per heavy atom. The van der Waals surface area contributed by atoms with Gasteiger partial charge < -0.3 is 24.4 Å². The summed E-state index contributed by atoms with van der Waals surface area (Å²) in [4.78, 5) is 37.5. The molecule has 2 amide bonds. The van der Waals surface area contributed by atoms with Crippen molar-refractivity contribution in [1.29, 1.82) is 0 Å². The first-order valence-electron chi connectivity index (χ1n) is 8.45. The molecular formula is C18H24N2O6. The van der Waals surface area contributed by atoms with Gasteiger partial charge in [-0.1, -0.05) is 6.92 Å². The molecule has 142 valence electrons. The lowest BCUT2D eigenvalue weighted by Gasteiger charge is -2.20. The lowest BCUT2D eigenvalue weighted by Crippen LogP contribution is -2.31. The molecule has 0 unspecified atom stereocenters. The van der Waals surface area contributed by atoms with E-state index in [1.165, 1.54) is 19.1 Å². The minimum Gasteiger partial charge on any atom is -0.497 e. The van der Waals surface area contributed by atoms with Crippen LogP contribution in [0.25, 0.3) is 0 Å². The fraction of sp³-hybridized carbons (Fsp3) is 0.500. The van der Waals surface area contributed by atoms with Crippen molar-refractivity contribution in [3.63, 3.8) is 0 Å². The third-order valence-corrected chi connectivity index (χ3v) is 4.05. The SMILES string of the molecule is CCCNC(=O)COC(=O)[C@@H]1CC(=O)N(c2ccc(OC)cc2OC)C1. The van der Waals surface area contributed by atoms with Gasteiger partial charge >= 0.3 is 5.97 Å². The van der Waals surface area contributed by atoms with Crippen molar-refractivity contribution in [3.8, 4) is 11.5 Å². The highest BCUT2D eigenvalue weighted by atomic mass is 16.5. The van der Waals surface area contributed by atoms with Gasteiger partial charge in [0.25, 0.3) is 5.91 Å². The van der Waals surface area contributed by atoms with E-state index in [0.29, 0.717) is 23.7 Å². The smallest absolute Gasteiger partial charge is 0.311 e. The van der Waals surface area contributed by atoms with E-state index in [4.69, 9.17) is 14.2 Å². The lowest BCUT2D eigenvalue weighted by atomic mass is 10.1. The third-order valence-electron chi connectivity index (χ3n) is 4.05. The fourth-order valence-electron chi connectivity index (χ4n) is 2.68. The Morgan fingerprint density at radius 1 is 1.27 bits per heavy atom. The fourth-order valence-corrected chi connectivity index (χ4v) is 2.68. The summed E-state index contributed by atoms with van der Waals surface area (Å²) in [5.41, 5.74) is 0.564. The Kier molecular flexibility index (Phi) is 6.82. The molecule has 1 aromatic rings. The number of amides is 2. The molecule has 0 radical (unpaired) electrons. The molecule has 1 fully saturated rings. The second-order valence-electron chi connectivity index (χ2n) is 5.90. The predicted octanol–water partition coefficient (Wildman–Crippen LogP) is 1.13.